The fourth-order valence-corrected chi connectivity index (χ4v) is 5.94. The average molecular weight is 827 g/mol. The molecule has 0 saturated heterocycles. The van der Waals surface area contributed by atoms with E-state index in [2.05, 4.69) is 17.2 Å². The maximum absolute atomic E-state index is 12.4. The number of unbranched alkanes of at least 4 members (excludes halogenated alkanes) is 13. The monoisotopic (exact) mass is 827 g/mol. The van der Waals surface area contributed by atoms with Crippen LogP contribution in [0, 0.1) is 5.92 Å². The predicted molar refractivity (Wildman–Crippen MR) is 219 cm³/mol. The van der Waals surface area contributed by atoms with Crippen LogP contribution >= 0.6 is 0 Å². The van der Waals surface area contributed by atoms with E-state index in [-0.39, 0.29) is 101 Å². The van der Waals surface area contributed by atoms with Gasteiger partial charge in [-0.3, -0.25) is 33.6 Å². The van der Waals surface area contributed by atoms with Crippen LogP contribution in [0.1, 0.15) is 148 Å². The highest BCUT2D eigenvalue weighted by Crippen LogP contribution is 2.17. The lowest BCUT2D eigenvalue weighted by Gasteiger charge is -2.12. The van der Waals surface area contributed by atoms with Crippen LogP contribution in [0.2, 0.25) is 0 Å². The summed E-state index contributed by atoms with van der Waals surface area (Å²) in [5, 5.41) is 23.6. The Hall–Kier alpha value is -3.53. The maximum Gasteiger partial charge on any atom is 0.306 e. The molecule has 0 heterocycles. The van der Waals surface area contributed by atoms with Gasteiger partial charge in [-0.25, -0.2) is 0 Å². The number of Topliss-reactive ketones (excluding diaryl/α,β-unsaturated/α-hetero) is 2. The number of carboxylic acid groups (broad SMARTS) is 2. The molecule has 0 radical (unpaired) electrons. The molecular weight excluding hydrogens is 752 g/mol. The second-order valence-corrected chi connectivity index (χ2v) is 14.6. The Morgan fingerprint density at radius 1 is 0.483 bits per heavy atom. The van der Waals surface area contributed by atoms with E-state index in [1.54, 1.807) is 0 Å². The zero-order valence-electron chi connectivity index (χ0n) is 35.1. The van der Waals surface area contributed by atoms with Gasteiger partial charge in [-0.15, -0.1) is 0 Å². The van der Waals surface area contributed by atoms with Crippen molar-refractivity contribution in [1.82, 2.24) is 10.6 Å². The zero-order valence-corrected chi connectivity index (χ0v) is 35.1. The summed E-state index contributed by atoms with van der Waals surface area (Å²) in [6, 6.07) is 0. The third-order valence-corrected chi connectivity index (χ3v) is 9.34. The minimum Gasteiger partial charge on any atom is -0.481 e. The minimum absolute atomic E-state index is 0.00428. The van der Waals surface area contributed by atoms with Crippen molar-refractivity contribution in [3.63, 3.8) is 0 Å². The summed E-state index contributed by atoms with van der Waals surface area (Å²) in [6.07, 6.45) is 18.9. The number of carboxylic acids is 2. The quantitative estimate of drug-likeness (QED) is 0.0413. The fourth-order valence-electron chi connectivity index (χ4n) is 5.94. The smallest absolute Gasteiger partial charge is 0.306 e. The summed E-state index contributed by atoms with van der Waals surface area (Å²) in [6.45, 7) is 5.47. The molecular formula is C43H74N2O13. The Bertz CT molecular complexity index is 1150. The normalized spacial score (nSPS) is 11.5. The van der Waals surface area contributed by atoms with E-state index in [1.807, 2.05) is 0 Å². The second-order valence-electron chi connectivity index (χ2n) is 14.6. The van der Waals surface area contributed by atoms with Gasteiger partial charge in [-0.2, -0.15) is 0 Å². The van der Waals surface area contributed by atoms with Crippen LogP contribution in [0.3, 0.4) is 0 Å². The topological polar surface area (TPSA) is 221 Å². The van der Waals surface area contributed by atoms with Gasteiger partial charge < -0.3 is 39.8 Å². The summed E-state index contributed by atoms with van der Waals surface area (Å²) in [4.78, 5) is 81.6. The Kier molecular flexibility index (Phi) is 37.8. The van der Waals surface area contributed by atoms with Crippen LogP contribution in [0.5, 0.6) is 0 Å². The van der Waals surface area contributed by atoms with Crippen molar-refractivity contribution in [2.75, 3.05) is 65.9 Å². The first-order chi connectivity index (χ1) is 28.0. The van der Waals surface area contributed by atoms with Gasteiger partial charge in [0.05, 0.1) is 39.0 Å². The highest BCUT2D eigenvalue weighted by molar-refractivity contribution is 5.89. The molecule has 0 aromatic heterocycles. The van der Waals surface area contributed by atoms with Crippen LogP contribution in [-0.2, 0) is 52.5 Å². The molecule has 4 N–H and O–H groups in total. The van der Waals surface area contributed by atoms with Gasteiger partial charge in [0.2, 0.25) is 11.8 Å². The lowest BCUT2D eigenvalue weighted by molar-refractivity contribution is -0.144. The lowest BCUT2D eigenvalue weighted by Crippen LogP contribution is -2.29. The molecule has 0 aliphatic heterocycles. The van der Waals surface area contributed by atoms with Crippen LogP contribution in [-0.4, -0.2) is 117 Å². The highest BCUT2D eigenvalue weighted by atomic mass is 16.5. The van der Waals surface area contributed by atoms with Crippen molar-refractivity contribution in [3.8, 4) is 0 Å². The molecule has 0 rings (SSSR count). The number of aliphatic carboxylic acids is 2. The number of carbonyl (C=O) groups is 7. The third-order valence-electron chi connectivity index (χ3n) is 9.34. The van der Waals surface area contributed by atoms with Crippen molar-refractivity contribution in [2.24, 2.45) is 5.92 Å². The van der Waals surface area contributed by atoms with E-state index in [1.165, 1.54) is 51.0 Å². The zero-order chi connectivity index (χ0) is 42.9. The fraction of sp³-hybridized carbons (Fsp3) is 0.791. The number of rotatable bonds is 45. The molecule has 0 aromatic carbocycles. The number of hydrogen-bond donors (Lipinski definition) is 4. The Morgan fingerprint density at radius 2 is 0.983 bits per heavy atom. The summed E-state index contributed by atoms with van der Waals surface area (Å²) in [7, 11) is 0. The van der Waals surface area contributed by atoms with Gasteiger partial charge in [0.15, 0.2) is 11.6 Å². The van der Waals surface area contributed by atoms with Gasteiger partial charge in [0.1, 0.15) is 19.0 Å². The van der Waals surface area contributed by atoms with Crippen molar-refractivity contribution in [3.05, 3.63) is 12.7 Å². The maximum atomic E-state index is 12.4. The number of ether oxygens (including phenoxy) is 4. The predicted octanol–water partition coefficient (Wildman–Crippen LogP) is 5.94. The summed E-state index contributed by atoms with van der Waals surface area (Å²) in [5.74, 6) is -3.45. The van der Waals surface area contributed by atoms with Crippen LogP contribution in [0.4, 0.5) is 0 Å². The SMILES string of the molecule is C=CC(=O)CCCNC(=O)COCCOCCCC(=O)COCCOCCNC(=O)CC[C@H](CC(=O)CCCCCCCCCCCCCCCCC(=O)O)C(=O)O. The highest BCUT2D eigenvalue weighted by Gasteiger charge is 2.22. The van der Waals surface area contributed by atoms with Gasteiger partial charge in [-0.05, 0) is 38.2 Å². The number of hydrogen-bond acceptors (Lipinski definition) is 11. The van der Waals surface area contributed by atoms with E-state index < -0.39 is 17.9 Å². The summed E-state index contributed by atoms with van der Waals surface area (Å²) < 4.78 is 21.4. The van der Waals surface area contributed by atoms with Crippen LogP contribution in [0.15, 0.2) is 12.7 Å². The first-order valence-electron chi connectivity index (χ1n) is 21.5. The average Bonchev–Trinajstić information content (AvgIpc) is 3.19. The van der Waals surface area contributed by atoms with E-state index in [9.17, 15) is 38.7 Å². The van der Waals surface area contributed by atoms with E-state index in [4.69, 9.17) is 24.1 Å². The summed E-state index contributed by atoms with van der Waals surface area (Å²) >= 11 is 0. The number of allylic oxidation sites excluding steroid dienone is 1. The van der Waals surface area contributed by atoms with E-state index in [0.29, 0.717) is 51.9 Å². The second kappa shape index (κ2) is 40.3. The Balaban J connectivity index is 3.65. The molecule has 15 nitrogen and oxygen atoms in total. The molecule has 58 heavy (non-hydrogen) atoms. The summed E-state index contributed by atoms with van der Waals surface area (Å²) in [5.41, 5.74) is 0. The molecule has 15 heteroatoms. The molecule has 0 unspecified atom stereocenters. The number of nitrogens with one attached hydrogen (secondary N) is 2. The van der Waals surface area contributed by atoms with Crippen LogP contribution in [0.25, 0.3) is 0 Å². The van der Waals surface area contributed by atoms with Gasteiger partial charge in [-0.1, -0.05) is 83.6 Å². The molecule has 0 saturated carbocycles. The first-order valence-corrected chi connectivity index (χ1v) is 21.5. The molecule has 0 fully saturated rings. The van der Waals surface area contributed by atoms with Crippen molar-refractivity contribution < 1.29 is 62.7 Å². The first kappa shape index (κ1) is 54.5. The van der Waals surface area contributed by atoms with Gasteiger partial charge >= 0.3 is 11.9 Å². The molecule has 1 atom stereocenters. The molecule has 0 aliphatic rings. The van der Waals surface area contributed by atoms with Crippen molar-refractivity contribution in [1.29, 1.82) is 0 Å². The molecule has 2 amide bonds. The lowest BCUT2D eigenvalue weighted by atomic mass is 9.94. The largest absolute Gasteiger partial charge is 0.481 e. The van der Waals surface area contributed by atoms with Crippen molar-refractivity contribution >= 4 is 41.1 Å². The molecule has 0 aromatic rings. The molecule has 0 aliphatic carbocycles. The number of carbonyl (C=O) groups excluding carboxylic acids is 5. The number of ketones is 3. The standard InChI is InChI=1S/C43H74N2O13/c1-2-37(46)20-17-25-44-41(50)35-58-32-29-55-27-18-21-39(48)34-57-31-30-56-28-26-45-40(49)24-23-36(43(53)54)33-38(47)19-15-13-11-9-7-5-3-4-6-8-10-12-14-16-22-42(51)52/h2,36H,1,3-35H2,(H,44,50)(H,45,49)(H,51,52)(H,53,54)/t36-/m1/s1. The van der Waals surface area contributed by atoms with Gasteiger partial charge in [0.25, 0.3) is 0 Å². The minimum atomic E-state index is -1.07. The molecule has 0 bridgehead atoms. The number of amides is 2. The molecule has 0 spiro atoms. The van der Waals surface area contributed by atoms with E-state index >= 15 is 0 Å². The van der Waals surface area contributed by atoms with Gasteiger partial charge in [0, 0.05) is 58.2 Å². The molecule has 334 valence electrons. The van der Waals surface area contributed by atoms with Crippen molar-refractivity contribution in [2.45, 2.75) is 148 Å². The van der Waals surface area contributed by atoms with Crippen LogP contribution < -0.4 is 10.6 Å². The third kappa shape index (κ3) is 39.3. The Morgan fingerprint density at radius 3 is 1.55 bits per heavy atom. The van der Waals surface area contributed by atoms with E-state index in [0.717, 1.165) is 44.9 Å². The Labute approximate surface area is 346 Å².